The van der Waals surface area contributed by atoms with Crippen LogP contribution in [-0.4, -0.2) is 30.2 Å². The van der Waals surface area contributed by atoms with Crippen LogP contribution in [0.25, 0.3) is 0 Å². The van der Waals surface area contributed by atoms with Crippen molar-refractivity contribution in [2.24, 2.45) is 0 Å². The summed E-state index contributed by atoms with van der Waals surface area (Å²) in [6.45, 7) is 0. The standard InChI is InChI=1S/C14H14BNO4/c1-20-13-7-5-12(6-8-13)16-14(17)10-3-2-4-11(9-10)15(18)19/h2-9,18-19H,1H3,(H,16,17). The molecule has 5 nitrogen and oxygen atoms in total. The van der Waals surface area contributed by atoms with Gasteiger partial charge in [-0.3, -0.25) is 4.79 Å². The van der Waals surface area contributed by atoms with E-state index in [1.807, 2.05) is 0 Å². The van der Waals surface area contributed by atoms with Crippen LogP contribution in [0.1, 0.15) is 10.4 Å². The van der Waals surface area contributed by atoms with Crippen LogP contribution in [0.5, 0.6) is 5.75 Å². The predicted molar refractivity (Wildman–Crippen MR) is 77.2 cm³/mol. The second-order valence-corrected chi connectivity index (χ2v) is 4.18. The Kier molecular flexibility index (Phi) is 4.39. The molecule has 0 fully saturated rings. The predicted octanol–water partition coefficient (Wildman–Crippen LogP) is 0.627. The summed E-state index contributed by atoms with van der Waals surface area (Å²) >= 11 is 0. The van der Waals surface area contributed by atoms with Crippen LogP contribution >= 0.6 is 0 Å². The van der Waals surface area contributed by atoms with E-state index in [-0.39, 0.29) is 11.4 Å². The zero-order valence-electron chi connectivity index (χ0n) is 10.9. The smallest absolute Gasteiger partial charge is 0.488 e. The molecule has 0 aliphatic heterocycles. The number of nitrogens with one attached hydrogen (secondary N) is 1. The molecule has 1 amide bonds. The molecule has 0 heterocycles. The molecule has 0 radical (unpaired) electrons. The summed E-state index contributed by atoms with van der Waals surface area (Å²) < 4.78 is 5.03. The summed E-state index contributed by atoms with van der Waals surface area (Å²) in [5.41, 5.74) is 1.25. The minimum absolute atomic E-state index is 0.271. The number of benzene rings is 2. The Morgan fingerprint density at radius 2 is 1.85 bits per heavy atom. The van der Waals surface area contributed by atoms with Crippen molar-refractivity contribution < 1.29 is 19.6 Å². The highest BCUT2D eigenvalue weighted by Crippen LogP contribution is 2.15. The molecule has 0 bridgehead atoms. The van der Waals surface area contributed by atoms with Gasteiger partial charge in [0.15, 0.2) is 0 Å². The van der Waals surface area contributed by atoms with Gasteiger partial charge in [-0.1, -0.05) is 12.1 Å². The van der Waals surface area contributed by atoms with Gasteiger partial charge < -0.3 is 20.1 Å². The van der Waals surface area contributed by atoms with Gasteiger partial charge in [0.1, 0.15) is 5.75 Å². The second-order valence-electron chi connectivity index (χ2n) is 4.18. The third-order valence-corrected chi connectivity index (χ3v) is 2.79. The summed E-state index contributed by atoms with van der Waals surface area (Å²) in [4.78, 5) is 12.0. The maximum Gasteiger partial charge on any atom is 0.488 e. The first kappa shape index (κ1) is 14.1. The monoisotopic (exact) mass is 271 g/mol. The lowest BCUT2D eigenvalue weighted by Crippen LogP contribution is -2.30. The molecule has 6 heteroatoms. The normalized spacial score (nSPS) is 9.95. The fraction of sp³-hybridized carbons (Fsp3) is 0.0714. The number of methoxy groups -OCH3 is 1. The molecule has 0 aromatic heterocycles. The molecule has 0 saturated heterocycles. The van der Waals surface area contributed by atoms with E-state index in [1.165, 1.54) is 12.1 Å². The molecule has 2 rings (SSSR count). The van der Waals surface area contributed by atoms with Crippen molar-refractivity contribution >= 4 is 24.2 Å². The van der Waals surface area contributed by atoms with Crippen molar-refractivity contribution in [1.29, 1.82) is 0 Å². The van der Waals surface area contributed by atoms with Gasteiger partial charge >= 0.3 is 7.12 Å². The largest absolute Gasteiger partial charge is 0.497 e. The van der Waals surface area contributed by atoms with Gasteiger partial charge in [-0.2, -0.15) is 0 Å². The van der Waals surface area contributed by atoms with Crippen LogP contribution in [0.4, 0.5) is 5.69 Å². The molecule has 0 spiro atoms. The highest BCUT2D eigenvalue weighted by Gasteiger charge is 2.13. The Balaban J connectivity index is 2.12. The molecule has 0 atom stereocenters. The van der Waals surface area contributed by atoms with Crippen LogP contribution in [0, 0.1) is 0 Å². The zero-order chi connectivity index (χ0) is 14.5. The van der Waals surface area contributed by atoms with E-state index in [4.69, 9.17) is 14.8 Å². The van der Waals surface area contributed by atoms with E-state index < -0.39 is 7.12 Å². The van der Waals surface area contributed by atoms with Gasteiger partial charge in [-0.25, -0.2) is 0 Å². The van der Waals surface area contributed by atoms with E-state index >= 15 is 0 Å². The van der Waals surface area contributed by atoms with Crippen LogP contribution in [0.15, 0.2) is 48.5 Å². The molecule has 2 aromatic rings. The molecular weight excluding hydrogens is 257 g/mol. The first-order valence-corrected chi connectivity index (χ1v) is 6.01. The number of rotatable bonds is 4. The first-order chi connectivity index (χ1) is 9.60. The van der Waals surface area contributed by atoms with Crippen LogP contribution in [0.3, 0.4) is 0 Å². The van der Waals surface area contributed by atoms with E-state index in [9.17, 15) is 4.79 Å². The van der Waals surface area contributed by atoms with E-state index in [0.29, 0.717) is 17.0 Å². The van der Waals surface area contributed by atoms with Gasteiger partial charge in [-0.15, -0.1) is 0 Å². The van der Waals surface area contributed by atoms with Crippen molar-refractivity contribution in [3.05, 3.63) is 54.1 Å². The quantitative estimate of drug-likeness (QED) is 0.712. The van der Waals surface area contributed by atoms with Gasteiger partial charge in [0.05, 0.1) is 7.11 Å². The SMILES string of the molecule is COc1ccc(NC(=O)c2cccc(B(O)O)c2)cc1. The fourth-order valence-corrected chi connectivity index (χ4v) is 1.72. The maximum atomic E-state index is 12.0. The van der Waals surface area contributed by atoms with Crippen molar-refractivity contribution in [3.8, 4) is 5.75 Å². The average Bonchev–Trinajstić information content (AvgIpc) is 2.48. The Bertz CT molecular complexity index is 598. The van der Waals surface area contributed by atoms with E-state index in [0.717, 1.165) is 0 Å². The lowest BCUT2D eigenvalue weighted by Gasteiger charge is -2.07. The zero-order valence-corrected chi connectivity index (χ0v) is 10.9. The maximum absolute atomic E-state index is 12.0. The van der Waals surface area contributed by atoms with Crippen LogP contribution in [0.2, 0.25) is 0 Å². The molecule has 102 valence electrons. The molecule has 3 N–H and O–H groups in total. The first-order valence-electron chi connectivity index (χ1n) is 6.01. The topological polar surface area (TPSA) is 78.8 Å². The Morgan fingerprint density at radius 3 is 2.45 bits per heavy atom. The summed E-state index contributed by atoms with van der Waals surface area (Å²) in [6.07, 6.45) is 0. The third-order valence-electron chi connectivity index (χ3n) is 2.79. The van der Waals surface area contributed by atoms with Gasteiger partial charge in [0.2, 0.25) is 0 Å². The second kappa shape index (κ2) is 6.23. The van der Waals surface area contributed by atoms with Crippen molar-refractivity contribution in [3.63, 3.8) is 0 Å². The minimum atomic E-state index is -1.59. The third kappa shape index (κ3) is 3.37. The Labute approximate surface area is 117 Å². The lowest BCUT2D eigenvalue weighted by molar-refractivity contribution is 0.102. The fourth-order valence-electron chi connectivity index (χ4n) is 1.72. The summed E-state index contributed by atoms with van der Waals surface area (Å²) in [7, 11) is -0.0250. The molecule has 20 heavy (non-hydrogen) atoms. The van der Waals surface area contributed by atoms with Crippen molar-refractivity contribution in [2.75, 3.05) is 12.4 Å². The number of carbonyl (C=O) groups excluding carboxylic acids is 1. The summed E-state index contributed by atoms with van der Waals surface area (Å²) in [5.74, 6) is 0.381. The Morgan fingerprint density at radius 1 is 1.15 bits per heavy atom. The highest BCUT2D eigenvalue weighted by atomic mass is 16.5. The number of anilines is 1. The summed E-state index contributed by atoms with van der Waals surface area (Å²) in [5, 5.41) is 20.9. The van der Waals surface area contributed by atoms with Crippen molar-refractivity contribution in [1.82, 2.24) is 0 Å². The van der Waals surface area contributed by atoms with Crippen LogP contribution in [-0.2, 0) is 0 Å². The van der Waals surface area contributed by atoms with Crippen LogP contribution < -0.4 is 15.5 Å². The Hall–Kier alpha value is -2.31. The lowest BCUT2D eigenvalue weighted by atomic mass is 9.79. The van der Waals surface area contributed by atoms with Crippen molar-refractivity contribution in [2.45, 2.75) is 0 Å². The van der Waals surface area contributed by atoms with Gasteiger partial charge in [0, 0.05) is 11.3 Å². The molecule has 2 aromatic carbocycles. The van der Waals surface area contributed by atoms with E-state index in [2.05, 4.69) is 5.32 Å². The average molecular weight is 271 g/mol. The van der Waals surface area contributed by atoms with Gasteiger partial charge in [0.25, 0.3) is 5.91 Å². The summed E-state index contributed by atoms with van der Waals surface area (Å²) in [6, 6.07) is 13.1. The highest BCUT2D eigenvalue weighted by molar-refractivity contribution is 6.58. The van der Waals surface area contributed by atoms with Gasteiger partial charge in [-0.05, 0) is 41.9 Å². The molecular formula is C14H14BNO4. The number of carbonyl (C=O) groups is 1. The van der Waals surface area contributed by atoms with E-state index in [1.54, 1.807) is 43.5 Å². The number of hydrogen-bond acceptors (Lipinski definition) is 4. The molecule has 0 aliphatic carbocycles. The number of ether oxygens (including phenoxy) is 1. The molecule has 0 saturated carbocycles. The molecule has 0 unspecified atom stereocenters. The molecule has 0 aliphatic rings. The number of amides is 1. The number of hydrogen-bond donors (Lipinski definition) is 3. The minimum Gasteiger partial charge on any atom is -0.497 e.